The van der Waals surface area contributed by atoms with Crippen molar-refractivity contribution in [2.45, 2.75) is 19.8 Å². The number of Topliss-reactive ketones (excluding diaryl/α,β-unsaturated/α-hetero) is 1. The molecule has 0 aliphatic carbocycles. The van der Waals surface area contributed by atoms with E-state index in [0.29, 0.717) is 30.3 Å². The zero-order valence-electron chi connectivity index (χ0n) is 11.7. The first-order valence-electron chi connectivity index (χ1n) is 6.62. The van der Waals surface area contributed by atoms with Gasteiger partial charge in [-0.15, -0.1) is 0 Å². The van der Waals surface area contributed by atoms with E-state index in [1.807, 2.05) is 0 Å². The van der Waals surface area contributed by atoms with E-state index in [0.717, 1.165) is 6.42 Å². The number of ketones is 1. The number of hydrogen-bond acceptors (Lipinski definition) is 5. The van der Waals surface area contributed by atoms with Gasteiger partial charge in [0.25, 0.3) is 0 Å². The van der Waals surface area contributed by atoms with Crippen LogP contribution in [-0.2, 0) is 9.53 Å². The van der Waals surface area contributed by atoms with Crippen LogP contribution in [-0.4, -0.2) is 32.1 Å². The van der Waals surface area contributed by atoms with Crippen molar-refractivity contribution < 1.29 is 23.8 Å². The van der Waals surface area contributed by atoms with Crippen molar-refractivity contribution >= 4 is 11.8 Å². The fourth-order valence-electron chi connectivity index (χ4n) is 2.02. The number of fused-ring (bicyclic) bond motifs is 1. The first-order valence-corrected chi connectivity index (χ1v) is 6.62. The second-order valence-corrected chi connectivity index (χ2v) is 4.76. The van der Waals surface area contributed by atoms with Gasteiger partial charge in [0.2, 0.25) is 0 Å². The van der Waals surface area contributed by atoms with E-state index in [9.17, 15) is 9.59 Å². The van der Waals surface area contributed by atoms with Gasteiger partial charge in [-0.25, -0.2) is 0 Å². The lowest BCUT2D eigenvalue weighted by Gasteiger charge is -2.11. The van der Waals surface area contributed by atoms with E-state index in [4.69, 9.17) is 9.47 Å². The minimum atomic E-state index is -0.455. The molecule has 0 radical (unpaired) electrons. The van der Waals surface area contributed by atoms with Crippen LogP contribution in [0, 0.1) is 5.92 Å². The molecule has 1 heterocycles. The number of carbonyl (C=O) groups excluding carboxylic acids is 2. The summed E-state index contributed by atoms with van der Waals surface area (Å²) in [6.07, 6.45) is 0.934. The molecule has 5 nitrogen and oxygen atoms in total. The van der Waals surface area contributed by atoms with Crippen LogP contribution in [0.1, 0.15) is 30.1 Å². The average molecular weight is 278 g/mol. The van der Waals surface area contributed by atoms with Crippen LogP contribution in [0.3, 0.4) is 0 Å². The van der Waals surface area contributed by atoms with Crippen LogP contribution in [0.2, 0.25) is 0 Å². The summed E-state index contributed by atoms with van der Waals surface area (Å²) in [5.41, 5.74) is 0.519. The first kappa shape index (κ1) is 14.4. The van der Waals surface area contributed by atoms with Crippen molar-refractivity contribution in [3.8, 4) is 11.5 Å². The number of rotatable bonds is 4. The molecule has 1 aromatic carbocycles. The van der Waals surface area contributed by atoms with Crippen molar-refractivity contribution in [2.24, 2.45) is 5.92 Å². The molecule has 1 aliphatic rings. The SMILES string of the molecule is COC(=O)C(C)CC(=O)c1ccc2c(c1)OCCCO2. The van der Waals surface area contributed by atoms with Gasteiger partial charge in [-0.3, -0.25) is 9.59 Å². The number of carbonyl (C=O) groups is 2. The summed E-state index contributed by atoms with van der Waals surface area (Å²) in [6, 6.07) is 5.10. The molecule has 1 aliphatic heterocycles. The summed E-state index contributed by atoms with van der Waals surface area (Å²) >= 11 is 0. The summed E-state index contributed by atoms with van der Waals surface area (Å²) in [4.78, 5) is 23.5. The highest BCUT2D eigenvalue weighted by Crippen LogP contribution is 2.31. The third-order valence-electron chi connectivity index (χ3n) is 3.16. The van der Waals surface area contributed by atoms with Crippen molar-refractivity contribution in [1.29, 1.82) is 0 Å². The maximum Gasteiger partial charge on any atom is 0.308 e. The fraction of sp³-hybridized carbons (Fsp3) is 0.467. The Balaban J connectivity index is 2.11. The number of ether oxygens (including phenoxy) is 3. The fourth-order valence-corrected chi connectivity index (χ4v) is 2.02. The quantitative estimate of drug-likeness (QED) is 0.624. The van der Waals surface area contributed by atoms with Crippen LogP contribution in [0.4, 0.5) is 0 Å². The van der Waals surface area contributed by atoms with Crippen LogP contribution in [0.5, 0.6) is 11.5 Å². The number of esters is 1. The maximum absolute atomic E-state index is 12.1. The molecular formula is C15H18O5. The predicted octanol–water partition coefficient (Wildman–Crippen LogP) is 2.23. The third kappa shape index (κ3) is 3.29. The summed E-state index contributed by atoms with van der Waals surface area (Å²) < 4.78 is 15.7. The van der Waals surface area contributed by atoms with E-state index in [1.54, 1.807) is 25.1 Å². The maximum atomic E-state index is 12.1. The van der Waals surface area contributed by atoms with Crippen LogP contribution in [0.25, 0.3) is 0 Å². The molecule has 0 bridgehead atoms. The standard InChI is InChI=1S/C15H18O5/c1-10(15(17)18-2)8-12(16)11-4-5-13-14(9-11)20-7-3-6-19-13/h4-5,9-10H,3,6-8H2,1-2H3. The molecule has 0 amide bonds. The van der Waals surface area contributed by atoms with Crippen molar-refractivity contribution in [3.63, 3.8) is 0 Å². The molecule has 0 N–H and O–H groups in total. The van der Waals surface area contributed by atoms with Gasteiger partial charge in [-0.05, 0) is 18.2 Å². The van der Waals surface area contributed by atoms with Gasteiger partial charge in [-0.1, -0.05) is 6.92 Å². The number of hydrogen-bond donors (Lipinski definition) is 0. The topological polar surface area (TPSA) is 61.8 Å². The predicted molar refractivity (Wildman–Crippen MR) is 72.2 cm³/mol. The Kier molecular flexibility index (Phi) is 4.61. The van der Waals surface area contributed by atoms with Crippen LogP contribution in [0.15, 0.2) is 18.2 Å². The summed E-state index contributed by atoms with van der Waals surface area (Å²) in [6.45, 7) is 2.86. The van der Waals surface area contributed by atoms with E-state index in [2.05, 4.69) is 4.74 Å². The van der Waals surface area contributed by atoms with Gasteiger partial charge in [0.1, 0.15) is 0 Å². The van der Waals surface area contributed by atoms with Gasteiger partial charge >= 0.3 is 5.97 Å². The molecule has 1 aromatic rings. The lowest BCUT2D eigenvalue weighted by atomic mass is 9.99. The molecule has 20 heavy (non-hydrogen) atoms. The minimum absolute atomic E-state index is 0.112. The van der Waals surface area contributed by atoms with Crippen LogP contribution < -0.4 is 9.47 Å². The Morgan fingerprint density at radius 3 is 2.65 bits per heavy atom. The Hall–Kier alpha value is -2.04. The monoisotopic (exact) mass is 278 g/mol. The molecule has 0 saturated carbocycles. The minimum Gasteiger partial charge on any atom is -0.490 e. The Morgan fingerprint density at radius 1 is 1.25 bits per heavy atom. The highest BCUT2D eigenvalue weighted by molar-refractivity contribution is 5.98. The number of methoxy groups -OCH3 is 1. The van der Waals surface area contributed by atoms with Crippen molar-refractivity contribution in [2.75, 3.05) is 20.3 Å². The second kappa shape index (κ2) is 6.41. The zero-order chi connectivity index (χ0) is 14.5. The largest absolute Gasteiger partial charge is 0.490 e. The highest BCUT2D eigenvalue weighted by atomic mass is 16.5. The normalized spacial score (nSPS) is 15.1. The average Bonchev–Trinajstić information content (AvgIpc) is 2.70. The van der Waals surface area contributed by atoms with E-state index >= 15 is 0 Å². The van der Waals surface area contributed by atoms with Crippen LogP contribution >= 0.6 is 0 Å². The molecule has 0 saturated heterocycles. The van der Waals surface area contributed by atoms with Gasteiger partial charge in [0, 0.05) is 18.4 Å². The van der Waals surface area contributed by atoms with Gasteiger partial charge in [0.15, 0.2) is 17.3 Å². The molecule has 108 valence electrons. The molecule has 1 atom stereocenters. The lowest BCUT2D eigenvalue weighted by molar-refractivity contribution is -0.144. The molecule has 1 unspecified atom stereocenters. The van der Waals surface area contributed by atoms with Gasteiger partial charge in [0.05, 0.1) is 26.2 Å². The summed E-state index contributed by atoms with van der Waals surface area (Å²) in [5, 5.41) is 0. The Morgan fingerprint density at radius 2 is 1.95 bits per heavy atom. The highest BCUT2D eigenvalue weighted by Gasteiger charge is 2.20. The molecule has 0 aromatic heterocycles. The van der Waals surface area contributed by atoms with Crippen molar-refractivity contribution in [1.82, 2.24) is 0 Å². The second-order valence-electron chi connectivity index (χ2n) is 4.76. The first-order chi connectivity index (χ1) is 9.61. The Labute approximate surface area is 117 Å². The smallest absolute Gasteiger partial charge is 0.308 e. The van der Waals surface area contributed by atoms with E-state index in [-0.39, 0.29) is 18.2 Å². The zero-order valence-corrected chi connectivity index (χ0v) is 11.7. The Bertz CT molecular complexity index is 509. The third-order valence-corrected chi connectivity index (χ3v) is 3.16. The summed E-state index contributed by atoms with van der Waals surface area (Å²) in [7, 11) is 1.32. The lowest BCUT2D eigenvalue weighted by Crippen LogP contribution is -2.17. The van der Waals surface area contributed by atoms with Crippen molar-refractivity contribution in [3.05, 3.63) is 23.8 Å². The molecule has 0 spiro atoms. The molecule has 0 fully saturated rings. The van der Waals surface area contributed by atoms with Gasteiger partial charge in [-0.2, -0.15) is 0 Å². The van der Waals surface area contributed by atoms with E-state index in [1.165, 1.54) is 7.11 Å². The van der Waals surface area contributed by atoms with Gasteiger partial charge < -0.3 is 14.2 Å². The molecule has 5 heteroatoms. The van der Waals surface area contributed by atoms with E-state index < -0.39 is 5.92 Å². The summed E-state index contributed by atoms with van der Waals surface area (Å²) in [5.74, 6) is 0.286. The number of benzene rings is 1. The molecular weight excluding hydrogens is 260 g/mol. The molecule has 2 rings (SSSR count).